The lowest BCUT2D eigenvalue weighted by molar-refractivity contribution is -0.151. The highest BCUT2D eigenvalue weighted by Crippen LogP contribution is 1.82. The molecular weight excluding hydrogens is 132 g/mol. The van der Waals surface area contributed by atoms with Crippen LogP contribution in [0.3, 0.4) is 0 Å². The molecule has 0 N–H and O–H groups in total. The molecule has 10 heavy (non-hydrogen) atoms. The van der Waals surface area contributed by atoms with Crippen LogP contribution in [-0.4, -0.2) is 18.4 Å². The third-order valence-corrected chi connectivity index (χ3v) is 0.795. The molecule has 0 aliphatic heterocycles. The van der Waals surface area contributed by atoms with Crippen LogP contribution in [0.25, 0.3) is 0 Å². The number of carbonyl (C=O) groups excluding carboxylic acids is 2. The molecule has 56 valence electrons. The molecule has 0 bridgehead atoms. The maximum Gasteiger partial charge on any atom is 0.378 e. The van der Waals surface area contributed by atoms with Crippen LogP contribution in [0.5, 0.6) is 0 Å². The molecule has 0 rings (SSSR count). The van der Waals surface area contributed by atoms with Crippen molar-refractivity contribution in [3.05, 3.63) is 12.2 Å². The highest BCUT2D eigenvalue weighted by atomic mass is 16.5. The van der Waals surface area contributed by atoms with Crippen molar-refractivity contribution in [3.8, 4) is 0 Å². The Balaban J connectivity index is 3.83. The molecule has 0 fully saturated rings. The van der Waals surface area contributed by atoms with E-state index in [-0.39, 0.29) is 6.61 Å². The van der Waals surface area contributed by atoms with E-state index in [1.807, 2.05) is 0 Å². The van der Waals surface area contributed by atoms with Crippen LogP contribution in [-0.2, 0) is 14.3 Å². The third kappa shape index (κ3) is 3.02. The smallest absolute Gasteiger partial charge is 0.378 e. The first kappa shape index (κ1) is 8.88. The number of hydrogen-bond donors (Lipinski definition) is 0. The Hall–Kier alpha value is -1.12. The van der Waals surface area contributed by atoms with Crippen molar-refractivity contribution >= 4 is 11.8 Å². The van der Waals surface area contributed by atoms with Gasteiger partial charge >= 0.3 is 5.97 Å². The van der Waals surface area contributed by atoms with Crippen molar-refractivity contribution in [2.24, 2.45) is 0 Å². The Bertz CT molecular complexity index is 158. The fraction of sp³-hybridized carbons (Fsp3) is 0.429. The molecule has 0 aromatic rings. The van der Waals surface area contributed by atoms with Gasteiger partial charge in [0.2, 0.25) is 0 Å². The van der Waals surface area contributed by atoms with E-state index in [2.05, 4.69) is 4.74 Å². The minimum atomic E-state index is -0.791. The number of carbonyl (C=O) groups is 2. The van der Waals surface area contributed by atoms with Gasteiger partial charge in [-0.25, -0.2) is 4.79 Å². The highest BCUT2D eigenvalue weighted by Gasteiger charge is 2.08. The van der Waals surface area contributed by atoms with Gasteiger partial charge in [-0.3, -0.25) is 4.79 Å². The summed E-state index contributed by atoms with van der Waals surface area (Å²) < 4.78 is 4.42. The SMILES string of the molecule is C/C=C\C(=O)C(=O)OCC. The van der Waals surface area contributed by atoms with E-state index in [1.54, 1.807) is 13.8 Å². The second-order valence-corrected chi connectivity index (χ2v) is 1.58. The number of hydrogen-bond acceptors (Lipinski definition) is 3. The van der Waals surface area contributed by atoms with Crippen LogP contribution >= 0.6 is 0 Å². The summed E-state index contributed by atoms with van der Waals surface area (Å²) in [6.45, 7) is 3.56. The average Bonchev–Trinajstić information content (AvgIpc) is 1.89. The molecule has 3 heteroatoms. The summed E-state index contributed by atoms with van der Waals surface area (Å²) in [6, 6.07) is 0. The molecule has 0 aliphatic carbocycles. The third-order valence-electron chi connectivity index (χ3n) is 0.795. The molecule has 0 spiro atoms. The number of allylic oxidation sites excluding steroid dienone is 1. The molecule has 0 radical (unpaired) electrons. The Labute approximate surface area is 59.7 Å². The lowest BCUT2D eigenvalue weighted by Crippen LogP contribution is -2.14. The molecule has 0 unspecified atom stereocenters. The highest BCUT2D eigenvalue weighted by molar-refractivity contribution is 6.38. The molecular formula is C7H10O3. The lowest BCUT2D eigenvalue weighted by Gasteiger charge is -1.94. The van der Waals surface area contributed by atoms with E-state index < -0.39 is 11.8 Å². The number of ether oxygens (including phenoxy) is 1. The first-order valence-electron chi connectivity index (χ1n) is 3.06. The Morgan fingerprint density at radius 2 is 2.10 bits per heavy atom. The van der Waals surface area contributed by atoms with Crippen LogP contribution in [0.15, 0.2) is 12.2 Å². The van der Waals surface area contributed by atoms with Gasteiger partial charge in [-0.15, -0.1) is 0 Å². The lowest BCUT2D eigenvalue weighted by atomic mass is 10.3. The minimum Gasteiger partial charge on any atom is -0.460 e. The molecule has 0 heterocycles. The van der Waals surface area contributed by atoms with Gasteiger partial charge in [-0.2, -0.15) is 0 Å². The van der Waals surface area contributed by atoms with Crippen molar-refractivity contribution in [1.29, 1.82) is 0 Å². The molecule has 0 saturated heterocycles. The summed E-state index contributed by atoms with van der Waals surface area (Å²) in [5, 5.41) is 0. The first-order valence-corrected chi connectivity index (χ1v) is 3.06. The summed E-state index contributed by atoms with van der Waals surface area (Å²) in [5.41, 5.74) is 0. The largest absolute Gasteiger partial charge is 0.460 e. The van der Waals surface area contributed by atoms with E-state index in [0.29, 0.717) is 0 Å². The summed E-state index contributed by atoms with van der Waals surface area (Å²) in [4.78, 5) is 21.1. The molecule has 3 nitrogen and oxygen atoms in total. The van der Waals surface area contributed by atoms with Crippen molar-refractivity contribution in [2.45, 2.75) is 13.8 Å². The summed E-state index contributed by atoms with van der Waals surface area (Å²) in [6.07, 6.45) is 2.68. The summed E-state index contributed by atoms with van der Waals surface area (Å²) >= 11 is 0. The topological polar surface area (TPSA) is 43.4 Å². The van der Waals surface area contributed by atoms with Gasteiger partial charge in [0.25, 0.3) is 5.78 Å². The number of esters is 1. The molecule has 0 amide bonds. The fourth-order valence-electron chi connectivity index (χ4n) is 0.422. The zero-order valence-electron chi connectivity index (χ0n) is 6.09. The van der Waals surface area contributed by atoms with Crippen molar-refractivity contribution in [3.63, 3.8) is 0 Å². The summed E-state index contributed by atoms with van der Waals surface area (Å²) in [7, 11) is 0. The van der Waals surface area contributed by atoms with Gasteiger partial charge in [0.05, 0.1) is 6.61 Å². The van der Waals surface area contributed by atoms with E-state index in [0.717, 1.165) is 0 Å². The normalized spacial score (nSPS) is 9.80. The van der Waals surface area contributed by atoms with Crippen LogP contribution in [0.2, 0.25) is 0 Å². The molecule has 0 aliphatic rings. The predicted octanol–water partition coefficient (Wildman–Crippen LogP) is 0.695. The standard InChI is InChI=1S/C7H10O3/c1-3-5-6(8)7(9)10-4-2/h3,5H,4H2,1-2H3/b5-3-. The van der Waals surface area contributed by atoms with E-state index >= 15 is 0 Å². The fourth-order valence-corrected chi connectivity index (χ4v) is 0.422. The van der Waals surface area contributed by atoms with Crippen molar-refractivity contribution < 1.29 is 14.3 Å². The number of rotatable bonds is 3. The Morgan fingerprint density at radius 3 is 2.50 bits per heavy atom. The van der Waals surface area contributed by atoms with Crippen LogP contribution in [0.1, 0.15) is 13.8 Å². The maximum atomic E-state index is 10.6. The quantitative estimate of drug-likeness (QED) is 0.331. The minimum absolute atomic E-state index is 0.238. The van der Waals surface area contributed by atoms with Gasteiger partial charge in [0, 0.05) is 0 Å². The number of ketones is 1. The Morgan fingerprint density at radius 1 is 1.50 bits per heavy atom. The van der Waals surface area contributed by atoms with E-state index in [1.165, 1.54) is 12.2 Å². The molecule has 0 aromatic carbocycles. The second-order valence-electron chi connectivity index (χ2n) is 1.58. The van der Waals surface area contributed by atoms with E-state index in [4.69, 9.17) is 0 Å². The van der Waals surface area contributed by atoms with Gasteiger partial charge < -0.3 is 4.74 Å². The molecule has 0 aromatic heterocycles. The first-order chi connectivity index (χ1) is 4.72. The molecule has 0 saturated carbocycles. The second kappa shape index (κ2) is 4.73. The van der Waals surface area contributed by atoms with Crippen LogP contribution < -0.4 is 0 Å². The molecule has 0 atom stereocenters. The van der Waals surface area contributed by atoms with Gasteiger partial charge in [-0.05, 0) is 19.9 Å². The van der Waals surface area contributed by atoms with Crippen molar-refractivity contribution in [1.82, 2.24) is 0 Å². The zero-order valence-corrected chi connectivity index (χ0v) is 6.09. The van der Waals surface area contributed by atoms with E-state index in [9.17, 15) is 9.59 Å². The average molecular weight is 142 g/mol. The maximum absolute atomic E-state index is 10.6. The predicted molar refractivity (Wildman–Crippen MR) is 36.5 cm³/mol. The van der Waals surface area contributed by atoms with Crippen molar-refractivity contribution in [2.75, 3.05) is 6.61 Å². The zero-order chi connectivity index (χ0) is 7.98. The van der Waals surface area contributed by atoms with Gasteiger partial charge in [0.15, 0.2) is 0 Å². The van der Waals surface area contributed by atoms with Gasteiger partial charge in [-0.1, -0.05) is 6.08 Å². The Kier molecular flexibility index (Phi) is 4.20. The monoisotopic (exact) mass is 142 g/mol. The van der Waals surface area contributed by atoms with Crippen LogP contribution in [0, 0.1) is 0 Å². The summed E-state index contributed by atoms with van der Waals surface area (Å²) in [5.74, 6) is -1.40. The van der Waals surface area contributed by atoms with Gasteiger partial charge in [0.1, 0.15) is 0 Å². The van der Waals surface area contributed by atoms with Crippen LogP contribution in [0.4, 0.5) is 0 Å².